The van der Waals surface area contributed by atoms with Crippen molar-refractivity contribution in [2.45, 2.75) is 0 Å². The van der Waals surface area contributed by atoms with E-state index in [-0.39, 0.29) is 84.0 Å². The maximum absolute atomic E-state index is 8.38. The molecule has 0 aromatic rings. The normalized spacial score (nSPS) is 2.33. The van der Waals surface area contributed by atoms with Gasteiger partial charge in [0.2, 0.25) is 0 Å². The summed E-state index contributed by atoms with van der Waals surface area (Å²) in [5.74, 6) is 0. The molecule has 0 aliphatic heterocycles. The van der Waals surface area contributed by atoms with Crippen LogP contribution in [-0.4, -0.2) is 17.7 Å². The average Bonchev–Trinajstić information content (AvgIpc) is 2.20. The molecule has 0 aromatic heterocycles. The Morgan fingerprint density at radius 1 is 0.500 bits per heavy atom. The van der Waals surface area contributed by atoms with Crippen LogP contribution in [0.4, 0.5) is 0 Å². The maximum atomic E-state index is 8.38. The van der Waals surface area contributed by atoms with Crippen LogP contribution in [-0.2, 0) is 92.1 Å². The van der Waals surface area contributed by atoms with Crippen molar-refractivity contribution < 1.29 is 103 Å². The van der Waals surface area contributed by atoms with E-state index >= 15 is 0 Å². The summed E-state index contributed by atoms with van der Waals surface area (Å²) in [5.41, 5.74) is 0. The summed E-state index contributed by atoms with van der Waals surface area (Å²) < 4.78 is 33.5. The predicted octanol–water partition coefficient (Wildman–Crippen LogP) is -2.32. The molecule has 0 fully saturated rings. The molecule has 60 valence electrons. The second kappa shape index (κ2) is 949. The first-order chi connectivity index (χ1) is 5.00. The van der Waals surface area contributed by atoms with Crippen molar-refractivity contribution >= 4 is 6.79 Å². The third-order valence-electron chi connectivity index (χ3n) is 0. The third-order valence-corrected chi connectivity index (χ3v) is 0. The van der Waals surface area contributed by atoms with E-state index in [4.69, 9.17) is 19.1 Å². The van der Waals surface area contributed by atoms with Gasteiger partial charge in [0.15, 0.2) is 0 Å². The van der Waals surface area contributed by atoms with Crippen molar-refractivity contribution in [1.82, 2.24) is 0 Å². The average molecular weight is 392 g/mol. The molecule has 4 N–H and O–H groups in total. The number of hydrogen-bond acceptors (Lipinski definition) is 5. The molecule has 0 aliphatic rings. The molecule has 0 radical (unpaired) electrons. The topological polar surface area (TPSA) is 148 Å². The molecule has 0 aliphatic carbocycles. The Morgan fingerprint density at radius 3 is 0.500 bits per heavy atom. The van der Waals surface area contributed by atoms with E-state index in [0.29, 0.717) is 0 Å². The first-order valence-electron chi connectivity index (χ1n) is 1.44. The van der Waals surface area contributed by atoms with Gasteiger partial charge in [0.25, 0.3) is 0 Å². The number of hydrogen-bond donors (Lipinski definition) is 0. The Morgan fingerprint density at radius 2 is 0.500 bits per heavy atom. The van der Waals surface area contributed by atoms with Crippen molar-refractivity contribution in [3.63, 3.8) is 0 Å². The molecule has 11 heteroatoms. The summed E-state index contributed by atoms with van der Waals surface area (Å²) in [4.78, 5) is 8.00. The van der Waals surface area contributed by atoms with Gasteiger partial charge in [-0.1, -0.05) is 0 Å². The summed E-state index contributed by atoms with van der Waals surface area (Å²) in [5, 5.41) is 0. The van der Waals surface area contributed by atoms with Gasteiger partial charge in [0.05, 0.1) is 0 Å². The fraction of sp³-hybridized carbons (Fsp3) is 0. The Labute approximate surface area is 109 Å². The van der Waals surface area contributed by atoms with Crippen LogP contribution in [0.1, 0.15) is 0 Å². The molecule has 12 heavy (non-hydrogen) atoms. The van der Waals surface area contributed by atoms with E-state index < -0.39 is 0 Å². The van der Waals surface area contributed by atoms with E-state index in [1.54, 1.807) is 0 Å². The SMILES string of the molecule is C=O.O.O.[O]=[Zn].[O]=[Zn].[O]=[Zn].[O]=[Zn]. The zero-order valence-corrected chi connectivity index (χ0v) is 18.4. The van der Waals surface area contributed by atoms with Crippen LogP contribution >= 0.6 is 0 Å². The minimum absolute atomic E-state index is 0. The van der Waals surface area contributed by atoms with Gasteiger partial charge in [0, 0.05) is 0 Å². The van der Waals surface area contributed by atoms with Crippen LogP contribution in [0.25, 0.3) is 0 Å². The van der Waals surface area contributed by atoms with Crippen molar-refractivity contribution in [3.8, 4) is 0 Å². The van der Waals surface area contributed by atoms with Gasteiger partial charge in [-0.25, -0.2) is 0 Å². The summed E-state index contributed by atoms with van der Waals surface area (Å²) in [6.07, 6.45) is 0. The molecule has 0 bridgehead atoms. The van der Waals surface area contributed by atoms with Gasteiger partial charge in [0.1, 0.15) is 6.79 Å². The summed E-state index contributed by atoms with van der Waals surface area (Å²) >= 11 is 0.500. The van der Waals surface area contributed by atoms with Crippen molar-refractivity contribution in [2.24, 2.45) is 0 Å². The summed E-state index contributed by atoms with van der Waals surface area (Å²) in [6.45, 7) is 2.00. The summed E-state index contributed by atoms with van der Waals surface area (Å²) in [6, 6.07) is 0. The minimum atomic E-state index is 0. The fourth-order valence-electron chi connectivity index (χ4n) is 0. The van der Waals surface area contributed by atoms with Gasteiger partial charge in [-0.2, -0.15) is 0 Å². The monoisotopic (exact) mass is 386 g/mol. The fourth-order valence-corrected chi connectivity index (χ4v) is 0. The van der Waals surface area contributed by atoms with Crippen LogP contribution < -0.4 is 0 Å². The molecule has 0 saturated heterocycles. The van der Waals surface area contributed by atoms with Crippen LogP contribution in [0.2, 0.25) is 0 Å². The zero-order valence-electron chi connectivity index (χ0n) is 6.58. The van der Waals surface area contributed by atoms with E-state index in [1.807, 2.05) is 6.79 Å². The zero-order chi connectivity index (χ0) is 10.0. The van der Waals surface area contributed by atoms with Crippen LogP contribution in [0.5, 0.6) is 0 Å². The van der Waals surface area contributed by atoms with Gasteiger partial charge >= 0.3 is 87.3 Å². The molecule has 0 atom stereocenters. The van der Waals surface area contributed by atoms with Crippen molar-refractivity contribution in [2.75, 3.05) is 0 Å². The molecule has 0 amide bonds. The molecule has 0 unspecified atom stereocenters. The number of rotatable bonds is 0. The second-order valence-electron chi connectivity index (χ2n) is 0. The Kier molecular flexibility index (Phi) is 4020. The molecular weight excluding hydrogens is 386 g/mol. The van der Waals surface area contributed by atoms with Crippen LogP contribution in [0.3, 0.4) is 0 Å². The van der Waals surface area contributed by atoms with E-state index in [0.717, 1.165) is 0 Å². The molecule has 0 aromatic carbocycles. The van der Waals surface area contributed by atoms with Gasteiger partial charge in [-0.15, -0.1) is 0 Å². The third kappa shape index (κ3) is 724. The van der Waals surface area contributed by atoms with Crippen molar-refractivity contribution in [3.05, 3.63) is 0 Å². The van der Waals surface area contributed by atoms with Crippen LogP contribution in [0, 0.1) is 0 Å². The molecule has 0 saturated carbocycles. The van der Waals surface area contributed by atoms with Gasteiger partial charge in [-0.05, 0) is 0 Å². The van der Waals surface area contributed by atoms with E-state index in [1.165, 1.54) is 0 Å². The Bertz CT molecular complexity index is 27.0. The van der Waals surface area contributed by atoms with E-state index in [2.05, 4.69) is 0 Å². The first kappa shape index (κ1) is 50.8. The molecular formula is CH6O7Zn4. The molecule has 0 rings (SSSR count). The number of carbonyl (C=O) groups excluding carboxylic acids is 1. The number of carbonyl (C=O) groups is 1. The second-order valence-corrected chi connectivity index (χ2v) is 0. The quantitative estimate of drug-likeness (QED) is 0.425. The van der Waals surface area contributed by atoms with Gasteiger partial charge < -0.3 is 15.7 Å². The van der Waals surface area contributed by atoms with Crippen molar-refractivity contribution in [1.29, 1.82) is 0 Å². The molecule has 0 heterocycles. The standard InChI is InChI=1S/CH2O.2H2O.4O.4Zn/c1-2;;;;;;;;;;/h1H2;2*1H2;;;;;;;;. The molecule has 7 nitrogen and oxygen atoms in total. The predicted molar refractivity (Wildman–Crippen MR) is 17.1 cm³/mol. The Hall–Kier alpha value is 1.28. The Balaban J connectivity index is -0.00000000500. The van der Waals surface area contributed by atoms with Gasteiger partial charge in [-0.3, -0.25) is 0 Å². The van der Waals surface area contributed by atoms with E-state index in [9.17, 15) is 0 Å². The summed E-state index contributed by atoms with van der Waals surface area (Å²) in [7, 11) is 0. The first-order valence-corrected chi connectivity index (χ1v) is 6.29. The molecule has 0 spiro atoms. The van der Waals surface area contributed by atoms with Crippen LogP contribution in [0.15, 0.2) is 0 Å².